The van der Waals surface area contributed by atoms with Gasteiger partial charge in [-0.25, -0.2) is 4.79 Å². The maximum absolute atomic E-state index is 9.87. The first-order valence-corrected chi connectivity index (χ1v) is 5.85. The molecule has 0 rings (SSSR count). The maximum atomic E-state index is 9.87. The van der Waals surface area contributed by atoms with E-state index >= 15 is 0 Å². The van der Waals surface area contributed by atoms with E-state index in [9.17, 15) is 9.59 Å². The summed E-state index contributed by atoms with van der Waals surface area (Å²) in [5.41, 5.74) is -0.303. The van der Waals surface area contributed by atoms with Crippen LogP contribution in [0.3, 0.4) is 0 Å². The van der Waals surface area contributed by atoms with E-state index in [1.165, 1.54) is 36.6 Å². The molecule has 0 bridgehead atoms. The van der Waals surface area contributed by atoms with E-state index in [4.69, 9.17) is 10.2 Å². The van der Waals surface area contributed by atoms with E-state index in [0.717, 1.165) is 0 Å². The van der Waals surface area contributed by atoms with E-state index in [1.54, 1.807) is 0 Å². The van der Waals surface area contributed by atoms with Gasteiger partial charge in [0.1, 0.15) is 0 Å². The average molecular weight is 298 g/mol. The molecule has 0 fully saturated rings. The van der Waals surface area contributed by atoms with Crippen molar-refractivity contribution in [3.05, 3.63) is 12.2 Å². The van der Waals surface area contributed by atoms with Gasteiger partial charge >= 0.3 is 55.4 Å². The van der Waals surface area contributed by atoms with Gasteiger partial charge in [0.25, 0.3) is 0 Å². The second-order valence-electron chi connectivity index (χ2n) is 1.89. The molecule has 12 heavy (non-hydrogen) atoms. The molecule has 2 N–H and O–H groups in total. The molecule has 0 amide bonds. The van der Waals surface area contributed by atoms with Crippen molar-refractivity contribution in [1.82, 2.24) is 0 Å². The molecule has 0 heterocycles. The van der Waals surface area contributed by atoms with Gasteiger partial charge in [0.15, 0.2) is 0 Å². The van der Waals surface area contributed by atoms with Crippen molar-refractivity contribution in [2.24, 2.45) is 0 Å². The summed E-state index contributed by atoms with van der Waals surface area (Å²) >= 11 is 1.22. The number of rotatable bonds is 3. The summed E-state index contributed by atoms with van der Waals surface area (Å²) in [7, 11) is 0. The third kappa shape index (κ3) is 12.5. The van der Waals surface area contributed by atoms with Crippen molar-refractivity contribution in [3.8, 4) is 0 Å². The third-order valence-corrected chi connectivity index (χ3v) is 0.667. The van der Waals surface area contributed by atoms with Gasteiger partial charge in [-0.05, 0) is 0 Å². The minimum absolute atomic E-state index is 0.303. The fourth-order valence-electron chi connectivity index (χ4n) is 0.258. The number of hydrogen-bond donors (Lipinski definition) is 2. The van der Waals surface area contributed by atoms with E-state index in [-0.39, 0.29) is 5.57 Å². The molecule has 0 atom stereocenters. The van der Waals surface area contributed by atoms with Crippen LogP contribution in [-0.4, -0.2) is 22.2 Å². The van der Waals surface area contributed by atoms with Gasteiger partial charge in [-0.15, -0.1) is 0 Å². The SMILES string of the molecule is C=C(CC(=O)O)C(=O)O.C[CH2][La]. The predicted molar refractivity (Wildman–Crippen MR) is 39.5 cm³/mol. The molecule has 0 spiro atoms. The first-order valence-electron chi connectivity index (χ1n) is 3.28. The molecule has 0 radical (unpaired) electrons. The summed E-state index contributed by atoms with van der Waals surface area (Å²) in [6, 6.07) is 0. The Morgan fingerprint density at radius 1 is 1.42 bits per heavy atom. The molecule has 5 heteroatoms. The quantitative estimate of drug-likeness (QED) is 0.765. The zero-order valence-corrected chi connectivity index (χ0v) is 10.5. The van der Waals surface area contributed by atoms with Crippen molar-refractivity contribution >= 4 is 11.9 Å². The summed E-state index contributed by atoms with van der Waals surface area (Å²) in [6.45, 7) is 5.21. The van der Waals surface area contributed by atoms with Crippen molar-refractivity contribution < 1.29 is 53.5 Å². The third-order valence-electron chi connectivity index (χ3n) is 0.667. The number of aliphatic carboxylic acids is 2. The van der Waals surface area contributed by atoms with Crippen LogP contribution in [0.25, 0.3) is 0 Å². The molecular weight excluding hydrogens is 287 g/mol. The van der Waals surface area contributed by atoms with Gasteiger partial charge in [-0.2, -0.15) is 0 Å². The minimum atomic E-state index is -1.27. The van der Waals surface area contributed by atoms with Gasteiger partial charge in [0.2, 0.25) is 0 Å². The molecule has 4 nitrogen and oxygen atoms in total. The number of carbonyl (C=O) groups is 2. The molecule has 0 aromatic rings. The molecule has 0 aromatic heterocycles. The normalized spacial score (nSPS) is 7.67. The monoisotopic (exact) mass is 298 g/mol. The summed E-state index contributed by atoms with van der Waals surface area (Å²) < 4.78 is 1.42. The Balaban J connectivity index is 0. The Kier molecular flexibility index (Phi) is 10.8. The molecular formula is C7H11LaO4. The first kappa shape index (κ1) is 14.4. The molecule has 0 aliphatic carbocycles. The van der Waals surface area contributed by atoms with Crippen LogP contribution in [0.15, 0.2) is 12.2 Å². The Hall–Kier alpha value is -0.125. The van der Waals surface area contributed by atoms with Crippen LogP contribution in [0.5, 0.6) is 0 Å². The molecule has 0 saturated carbocycles. The Labute approximate surface area is 93.3 Å². The van der Waals surface area contributed by atoms with E-state index < -0.39 is 18.4 Å². The molecule has 0 aliphatic heterocycles. The average Bonchev–Trinajstić information content (AvgIpc) is 1.87. The second-order valence-corrected chi connectivity index (χ2v) is 4.45. The van der Waals surface area contributed by atoms with Gasteiger partial charge in [0, 0.05) is 5.57 Å². The van der Waals surface area contributed by atoms with Gasteiger partial charge in [-0.3, -0.25) is 4.79 Å². The summed E-state index contributed by atoms with van der Waals surface area (Å²) in [6.07, 6.45) is -0.505. The predicted octanol–water partition coefficient (Wildman–Crippen LogP) is 1.08. The van der Waals surface area contributed by atoms with Crippen LogP contribution in [-0.2, 0) is 9.59 Å². The number of hydrogen-bond acceptors (Lipinski definition) is 2. The molecule has 0 unspecified atom stereocenters. The molecule has 66 valence electrons. The first-order chi connectivity index (χ1) is 5.45. The Morgan fingerprint density at radius 3 is 1.83 bits per heavy atom. The van der Waals surface area contributed by atoms with Crippen LogP contribution in [0.4, 0.5) is 0 Å². The van der Waals surface area contributed by atoms with Crippen molar-refractivity contribution in [2.45, 2.75) is 16.2 Å². The molecule has 0 aromatic carbocycles. The number of carboxylic acids is 2. The standard InChI is InChI=1S/C5H6O4.C2H5.La/c1-3(5(8)9)2-4(6)7;1-2;/h1-2H2,(H,6,7)(H,8,9);1H2,2H3;. The summed E-state index contributed by atoms with van der Waals surface area (Å²) in [5, 5.41) is 16.1. The van der Waals surface area contributed by atoms with E-state index in [2.05, 4.69) is 13.5 Å². The van der Waals surface area contributed by atoms with Gasteiger partial charge in [0.05, 0.1) is 6.42 Å². The summed E-state index contributed by atoms with van der Waals surface area (Å²) in [5.74, 6) is -2.44. The van der Waals surface area contributed by atoms with E-state index in [1.807, 2.05) is 0 Å². The molecule has 0 saturated heterocycles. The fraction of sp³-hybridized carbons (Fsp3) is 0.429. The fourth-order valence-corrected chi connectivity index (χ4v) is 0.258. The van der Waals surface area contributed by atoms with Crippen molar-refractivity contribution in [1.29, 1.82) is 0 Å². The second kappa shape index (κ2) is 8.97. The van der Waals surface area contributed by atoms with Crippen LogP contribution in [0.1, 0.15) is 13.3 Å². The van der Waals surface area contributed by atoms with Crippen molar-refractivity contribution in [2.75, 3.05) is 0 Å². The van der Waals surface area contributed by atoms with Crippen LogP contribution in [0, 0.1) is 33.7 Å². The Morgan fingerprint density at radius 2 is 1.75 bits per heavy atom. The zero-order chi connectivity index (χ0) is 10.1. The van der Waals surface area contributed by atoms with Gasteiger partial charge < -0.3 is 10.2 Å². The zero-order valence-electron chi connectivity index (χ0n) is 6.91. The number of carboxylic acid groups (broad SMARTS) is 2. The Bertz CT molecular complexity index is 176. The van der Waals surface area contributed by atoms with E-state index in [0.29, 0.717) is 0 Å². The van der Waals surface area contributed by atoms with Crippen LogP contribution in [0.2, 0.25) is 2.82 Å². The van der Waals surface area contributed by atoms with Crippen LogP contribution >= 0.6 is 0 Å². The summed E-state index contributed by atoms with van der Waals surface area (Å²) in [4.78, 5) is 19.7. The molecule has 0 aliphatic rings. The van der Waals surface area contributed by atoms with Crippen LogP contribution < -0.4 is 0 Å². The van der Waals surface area contributed by atoms with Gasteiger partial charge in [-0.1, -0.05) is 6.58 Å². The topological polar surface area (TPSA) is 74.6 Å². The van der Waals surface area contributed by atoms with Crippen molar-refractivity contribution in [3.63, 3.8) is 0 Å².